The molecule has 0 saturated heterocycles. The van der Waals surface area contributed by atoms with Crippen molar-refractivity contribution in [3.05, 3.63) is 57.8 Å². The normalized spacial score (nSPS) is 10.2. The summed E-state index contributed by atoms with van der Waals surface area (Å²) in [6, 6.07) is 7.96. The number of hydrogen-bond acceptors (Lipinski definition) is 3. The minimum absolute atomic E-state index is 0.0527. The molecule has 0 aliphatic carbocycles. The predicted octanol–water partition coefficient (Wildman–Crippen LogP) is 3.85. The number of nitrogens with one attached hydrogen (secondary N) is 1. The van der Waals surface area contributed by atoms with Crippen molar-refractivity contribution < 1.29 is 23.8 Å². The smallest absolute Gasteiger partial charge is 0.337 e. The summed E-state index contributed by atoms with van der Waals surface area (Å²) >= 11 is 11.6. The standard InChI is InChI=1S/C15H10Cl2FNO4/c16-9-6-10(17)12(5-8(9)15(21)22)19-14(20)7-23-13-4-2-1-3-11(13)18/h1-6H,7H2,(H,19,20)(H,21,22). The van der Waals surface area contributed by atoms with Crippen LogP contribution in [0.2, 0.25) is 10.0 Å². The number of rotatable bonds is 5. The number of ether oxygens (including phenoxy) is 1. The molecular formula is C15H10Cl2FNO4. The van der Waals surface area contributed by atoms with Crippen LogP contribution in [0.4, 0.5) is 10.1 Å². The quantitative estimate of drug-likeness (QED) is 0.851. The van der Waals surface area contributed by atoms with Crippen molar-refractivity contribution in [1.82, 2.24) is 0 Å². The number of carbonyl (C=O) groups excluding carboxylic acids is 1. The number of amides is 1. The molecule has 1 amide bonds. The van der Waals surface area contributed by atoms with Gasteiger partial charge < -0.3 is 15.2 Å². The third kappa shape index (κ3) is 4.34. The van der Waals surface area contributed by atoms with Crippen LogP contribution in [0.3, 0.4) is 0 Å². The lowest BCUT2D eigenvalue weighted by atomic mass is 10.2. The van der Waals surface area contributed by atoms with Crippen LogP contribution >= 0.6 is 23.2 Å². The Labute approximate surface area is 140 Å². The monoisotopic (exact) mass is 357 g/mol. The summed E-state index contributed by atoms with van der Waals surface area (Å²) in [5, 5.41) is 11.4. The summed E-state index contributed by atoms with van der Waals surface area (Å²) in [6.45, 7) is -0.470. The molecule has 120 valence electrons. The molecule has 0 bridgehead atoms. The Morgan fingerprint density at radius 2 is 1.87 bits per heavy atom. The van der Waals surface area contributed by atoms with E-state index in [9.17, 15) is 14.0 Å². The zero-order valence-corrected chi connectivity index (χ0v) is 13.0. The number of carbonyl (C=O) groups is 2. The fourth-order valence-corrected chi connectivity index (χ4v) is 2.21. The highest BCUT2D eigenvalue weighted by Crippen LogP contribution is 2.29. The van der Waals surface area contributed by atoms with Gasteiger partial charge in [-0.1, -0.05) is 35.3 Å². The molecule has 8 heteroatoms. The number of benzene rings is 2. The summed E-state index contributed by atoms with van der Waals surface area (Å²) in [5.74, 6) is -2.56. The van der Waals surface area contributed by atoms with Crippen molar-refractivity contribution in [3.63, 3.8) is 0 Å². The fraction of sp³-hybridized carbons (Fsp3) is 0.0667. The molecule has 0 atom stereocenters. The van der Waals surface area contributed by atoms with E-state index in [1.165, 1.54) is 24.3 Å². The topological polar surface area (TPSA) is 75.6 Å². The first-order valence-corrected chi connectivity index (χ1v) is 7.03. The highest BCUT2D eigenvalue weighted by molar-refractivity contribution is 6.38. The van der Waals surface area contributed by atoms with Gasteiger partial charge in [0.15, 0.2) is 18.2 Å². The summed E-state index contributed by atoms with van der Waals surface area (Å²) in [7, 11) is 0. The molecule has 0 spiro atoms. The molecule has 0 saturated carbocycles. The Hall–Kier alpha value is -2.31. The lowest BCUT2D eigenvalue weighted by Gasteiger charge is -2.10. The number of halogens is 3. The van der Waals surface area contributed by atoms with E-state index in [2.05, 4.69) is 5.32 Å². The largest absolute Gasteiger partial charge is 0.481 e. The average Bonchev–Trinajstić information content (AvgIpc) is 2.49. The molecule has 2 rings (SSSR count). The van der Waals surface area contributed by atoms with Crippen LogP contribution in [0.25, 0.3) is 0 Å². The second-order valence-corrected chi connectivity index (χ2v) is 5.20. The van der Waals surface area contributed by atoms with E-state index in [1.54, 1.807) is 6.07 Å². The minimum atomic E-state index is -1.26. The first-order chi connectivity index (χ1) is 10.9. The van der Waals surface area contributed by atoms with E-state index >= 15 is 0 Å². The highest BCUT2D eigenvalue weighted by Gasteiger charge is 2.15. The SMILES string of the molecule is O=C(COc1ccccc1F)Nc1cc(C(=O)O)c(Cl)cc1Cl. The third-order valence-electron chi connectivity index (χ3n) is 2.76. The molecule has 0 aliphatic rings. The Kier molecular flexibility index (Phi) is 5.41. The molecule has 23 heavy (non-hydrogen) atoms. The molecule has 0 fully saturated rings. The van der Waals surface area contributed by atoms with Crippen molar-refractivity contribution in [1.29, 1.82) is 0 Å². The van der Waals surface area contributed by atoms with Gasteiger partial charge in [-0.25, -0.2) is 9.18 Å². The van der Waals surface area contributed by atoms with Gasteiger partial charge in [-0.3, -0.25) is 4.79 Å². The fourth-order valence-electron chi connectivity index (χ4n) is 1.70. The maximum atomic E-state index is 13.4. The van der Waals surface area contributed by atoms with Crippen molar-refractivity contribution in [3.8, 4) is 5.75 Å². The number of carboxylic acids is 1. The van der Waals surface area contributed by atoms with Crippen LogP contribution in [-0.2, 0) is 4.79 Å². The van der Waals surface area contributed by atoms with Gasteiger partial charge in [0.1, 0.15) is 0 Å². The number of para-hydroxylation sites is 1. The van der Waals surface area contributed by atoms with Crippen LogP contribution in [0.15, 0.2) is 36.4 Å². The Morgan fingerprint density at radius 3 is 2.52 bits per heavy atom. The first kappa shape index (κ1) is 17.1. The first-order valence-electron chi connectivity index (χ1n) is 6.28. The van der Waals surface area contributed by atoms with Crippen molar-refractivity contribution >= 4 is 40.8 Å². The van der Waals surface area contributed by atoms with Gasteiger partial charge in [-0.2, -0.15) is 0 Å². The van der Waals surface area contributed by atoms with Gasteiger partial charge in [0.25, 0.3) is 5.91 Å². The van der Waals surface area contributed by atoms with Crippen LogP contribution < -0.4 is 10.1 Å². The van der Waals surface area contributed by atoms with Crippen LogP contribution in [0.5, 0.6) is 5.75 Å². The van der Waals surface area contributed by atoms with E-state index in [0.29, 0.717) is 0 Å². The maximum absolute atomic E-state index is 13.4. The van der Waals surface area contributed by atoms with Gasteiger partial charge in [-0.05, 0) is 24.3 Å². The Morgan fingerprint density at radius 1 is 1.17 bits per heavy atom. The molecule has 0 radical (unpaired) electrons. The second-order valence-electron chi connectivity index (χ2n) is 4.38. The predicted molar refractivity (Wildman–Crippen MR) is 83.9 cm³/mol. The number of anilines is 1. The molecule has 0 aliphatic heterocycles. The van der Waals surface area contributed by atoms with Crippen molar-refractivity contribution in [2.75, 3.05) is 11.9 Å². The van der Waals surface area contributed by atoms with E-state index in [1.807, 2.05) is 0 Å². The van der Waals surface area contributed by atoms with E-state index < -0.39 is 24.3 Å². The third-order valence-corrected chi connectivity index (χ3v) is 3.38. The zero-order chi connectivity index (χ0) is 17.0. The summed E-state index contributed by atoms with van der Waals surface area (Å²) < 4.78 is 18.4. The van der Waals surface area contributed by atoms with Crippen LogP contribution in [-0.4, -0.2) is 23.6 Å². The lowest BCUT2D eigenvalue weighted by Crippen LogP contribution is -2.21. The molecule has 2 aromatic carbocycles. The molecule has 5 nitrogen and oxygen atoms in total. The van der Waals surface area contributed by atoms with Gasteiger partial charge in [0.2, 0.25) is 0 Å². The molecule has 0 unspecified atom stereocenters. The van der Waals surface area contributed by atoms with E-state index in [-0.39, 0.29) is 27.0 Å². The van der Waals surface area contributed by atoms with Gasteiger partial charge in [-0.15, -0.1) is 0 Å². The zero-order valence-electron chi connectivity index (χ0n) is 11.5. The van der Waals surface area contributed by atoms with Gasteiger partial charge in [0, 0.05) is 0 Å². The molecule has 0 heterocycles. The Balaban J connectivity index is 2.07. The number of hydrogen-bond donors (Lipinski definition) is 2. The van der Waals surface area contributed by atoms with Crippen LogP contribution in [0, 0.1) is 5.82 Å². The van der Waals surface area contributed by atoms with Gasteiger partial charge >= 0.3 is 5.97 Å². The van der Waals surface area contributed by atoms with E-state index in [0.717, 1.165) is 6.07 Å². The average molecular weight is 358 g/mol. The highest BCUT2D eigenvalue weighted by atomic mass is 35.5. The Bertz CT molecular complexity index is 767. The lowest BCUT2D eigenvalue weighted by molar-refractivity contribution is -0.118. The van der Waals surface area contributed by atoms with Crippen LogP contribution in [0.1, 0.15) is 10.4 Å². The van der Waals surface area contributed by atoms with Gasteiger partial charge in [0.05, 0.1) is 21.3 Å². The second kappa shape index (κ2) is 7.30. The molecule has 2 N–H and O–H groups in total. The number of aromatic carboxylic acids is 1. The minimum Gasteiger partial charge on any atom is -0.481 e. The molecule has 2 aromatic rings. The number of carboxylic acid groups (broad SMARTS) is 1. The van der Waals surface area contributed by atoms with Crippen molar-refractivity contribution in [2.45, 2.75) is 0 Å². The summed E-state index contributed by atoms with van der Waals surface area (Å²) in [4.78, 5) is 22.8. The summed E-state index contributed by atoms with van der Waals surface area (Å²) in [6.07, 6.45) is 0. The molecule has 0 aromatic heterocycles. The van der Waals surface area contributed by atoms with Crippen molar-refractivity contribution in [2.24, 2.45) is 0 Å². The summed E-state index contributed by atoms with van der Waals surface area (Å²) in [5.41, 5.74) is -0.142. The molecular weight excluding hydrogens is 348 g/mol. The van der Waals surface area contributed by atoms with E-state index in [4.69, 9.17) is 33.0 Å². The maximum Gasteiger partial charge on any atom is 0.337 e.